The van der Waals surface area contributed by atoms with E-state index in [-0.39, 0.29) is 6.61 Å². The molecule has 0 spiro atoms. The zero-order valence-electron chi connectivity index (χ0n) is 12.3. The zero-order chi connectivity index (χ0) is 15.8. The number of rotatable bonds is 7. The second kappa shape index (κ2) is 8.09. The van der Waals surface area contributed by atoms with Crippen molar-refractivity contribution in [1.29, 1.82) is 0 Å². The molecular formula is C16H19N3O3. The van der Waals surface area contributed by atoms with E-state index in [1.165, 1.54) is 5.39 Å². The predicted octanol–water partition coefficient (Wildman–Crippen LogP) is 2.07. The number of nitrogens with zero attached hydrogens (tertiary/aromatic N) is 2. The van der Waals surface area contributed by atoms with Crippen molar-refractivity contribution in [2.45, 2.75) is 19.3 Å². The fourth-order valence-electron chi connectivity index (χ4n) is 2.24. The average molecular weight is 301 g/mol. The Morgan fingerprint density at radius 2 is 2.09 bits per heavy atom. The summed E-state index contributed by atoms with van der Waals surface area (Å²) in [7, 11) is 0. The lowest BCUT2D eigenvalue weighted by molar-refractivity contribution is -0.110. The number of carbonyl (C=O) groups excluding carboxylic acids is 2. The lowest BCUT2D eigenvalue weighted by Crippen LogP contribution is -2.38. The molecule has 6 heteroatoms. The molecule has 1 aromatic heterocycles. The third-order valence-corrected chi connectivity index (χ3v) is 3.33. The predicted molar refractivity (Wildman–Crippen MR) is 83.0 cm³/mol. The number of benzene rings is 1. The van der Waals surface area contributed by atoms with Gasteiger partial charge in [-0.15, -0.1) is 0 Å². The molecule has 6 nitrogen and oxygen atoms in total. The number of nitrogens with two attached hydrogens (primary N) is 1. The first kappa shape index (κ1) is 15.9. The highest BCUT2D eigenvalue weighted by Crippen LogP contribution is 2.17. The Balaban J connectivity index is 1.81. The van der Waals surface area contributed by atoms with E-state index < -0.39 is 6.09 Å². The summed E-state index contributed by atoms with van der Waals surface area (Å²) in [5, 5.41) is 3.31. The number of hydrogen-bond donors (Lipinski definition) is 1. The Morgan fingerprint density at radius 1 is 1.27 bits per heavy atom. The number of ether oxygens (including phenoxy) is 1. The van der Waals surface area contributed by atoms with Gasteiger partial charge in [0, 0.05) is 23.8 Å². The van der Waals surface area contributed by atoms with Crippen LogP contribution in [0.4, 0.5) is 4.79 Å². The zero-order valence-corrected chi connectivity index (χ0v) is 12.3. The van der Waals surface area contributed by atoms with Gasteiger partial charge < -0.3 is 4.74 Å². The number of carbonyl (C=O) groups is 2. The van der Waals surface area contributed by atoms with Crippen molar-refractivity contribution < 1.29 is 14.3 Å². The van der Waals surface area contributed by atoms with E-state index in [4.69, 9.17) is 5.84 Å². The fraction of sp³-hybridized carbons (Fsp3) is 0.312. The normalized spacial score (nSPS) is 10.4. The monoisotopic (exact) mass is 301 g/mol. The van der Waals surface area contributed by atoms with Crippen molar-refractivity contribution in [3.63, 3.8) is 0 Å². The molecule has 0 unspecified atom stereocenters. The van der Waals surface area contributed by atoms with Crippen molar-refractivity contribution in [3.05, 3.63) is 42.2 Å². The number of aromatic nitrogens is 1. The minimum Gasteiger partial charge on any atom is -0.441 e. The maximum atomic E-state index is 11.3. The maximum absolute atomic E-state index is 11.3. The molecule has 0 saturated carbocycles. The van der Waals surface area contributed by atoms with Crippen LogP contribution in [0.3, 0.4) is 0 Å². The van der Waals surface area contributed by atoms with Crippen molar-refractivity contribution in [3.8, 4) is 0 Å². The van der Waals surface area contributed by atoms with Gasteiger partial charge in [0.1, 0.15) is 6.61 Å². The van der Waals surface area contributed by atoms with Gasteiger partial charge in [-0.3, -0.25) is 9.78 Å². The molecule has 2 rings (SSSR count). The standard InChI is InChI=1S/C16H19N3O3/c17-19(16(21)22-12-11-20)10-4-3-7-15-14-6-2-1-5-13(14)8-9-18-15/h1-2,5-6,8-9,11H,3-4,7,10,12,17H2. The maximum Gasteiger partial charge on any atom is 0.424 e. The molecule has 1 aromatic carbocycles. The number of unbranched alkanes of at least 4 members (excludes halogenated alkanes) is 1. The molecule has 2 N–H and O–H groups in total. The molecule has 0 aliphatic heterocycles. The topological polar surface area (TPSA) is 85.5 Å². The highest BCUT2D eigenvalue weighted by molar-refractivity contribution is 5.84. The van der Waals surface area contributed by atoms with Gasteiger partial charge in [-0.1, -0.05) is 24.3 Å². The van der Waals surface area contributed by atoms with E-state index in [0.717, 1.165) is 35.4 Å². The van der Waals surface area contributed by atoms with E-state index in [1.807, 2.05) is 24.4 Å². The molecule has 1 heterocycles. The minimum absolute atomic E-state index is 0.271. The van der Waals surface area contributed by atoms with Crippen LogP contribution in [0, 0.1) is 0 Å². The van der Waals surface area contributed by atoms with Gasteiger partial charge in [-0.2, -0.15) is 0 Å². The third-order valence-electron chi connectivity index (χ3n) is 3.33. The van der Waals surface area contributed by atoms with Crippen molar-refractivity contribution >= 4 is 23.2 Å². The Morgan fingerprint density at radius 3 is 2.91 bits per heavy atom. The molecule has 0 aliphatic rings. The van der Waals surface area contributed by atoms with Crippen LogP contribution in [0.2, 0.25) is 0 Å². The summed E-state index contributed by atoms with van der Waals surface area (Å²) < 4.78 is 4.61. The van der Waals surface area contributed by atoms with E-state index in [9.17, 15) is 9.59 Å². The highest BCUT2D eigenvalue weighted by atomic mass is 16.6. The number of hydrogen-bond acceptors (Lipinski definition) is 5. The first-order valence-electron chi connectivity index (χ1n) is 7.17. The van der Waals surface area contributed by atoms with Crippen molar-refractivity contribution in [1.82, 2.24) is 9.99 Å². The molecule has 2 aromatic rings. The minimum atomic E-state index is -0.685. The summed E-state index contributed by atoms with van der Waals surface area (Å²) in [5.41, 5.74) is 1.05. The highest BCUT2D eigenvalue weighted by Gasteiger charge is 2.10. The summed E-state index contributed by atoms with van der Waals surface area (Å²) in [6.07, 6.45) is 4.04. The molecular weight excluding hydrogens is 282 g/mol. The van der Waals surface area contributed by atoms with Gasteiger partial charge >= 0.3 is 6.09 Å². The Kier molecular flexibility index (Phi) is 5.85. The smallest absolute Gasteiger partial charge is 0.424 e. The van der Waals surface area contributed by atoms with Gasteiger partial charge in [0.25, 0.3) is 0 Å². The fourth-order valence-corrected chi connectivity index (χ4v) is 2.24. The molecule has 0 aliphatic carbocycles. The first-order valence-corrected chi connectivity index (χ1v) is 7.17. The SMILES string of the molecule is NN(CCCCc1nccc2ccccc12)C(=O)OCC=O. The molecule has 116 valence electrons. The van der Waals surface area contributed by atoms with Gasteiger partial charge in [0.2, 0.25) is 0 Å². The summed E-state index contributed by atoms with van der Waals surface area (Å²) in [5.74, 6) is 5.56. The van der Waals surface area contributed by atoms with Crippen LogP contribution in [0.5, 0.6) is 0 Å². The number of fused-ring (bicyclic) bond motifs is 1. The van der Waals surface area contributed by atoms with Gasteiger partial charge in [0.15, 0.2) is 6.29 Å². The van der Waals surface area contributed by atoms with Crippen LogP contribution in [0.15, 0.2) is 36.5 Å². The lowest BCUT2D eigenvalue weighted by Gasteiger charge is -2.15. The summed E-state index contributed by atoms with van der Waals surface area (Å²) in [4.78, 5) is 25.9. The largest absolute Gasteiger partial charge is 0.441 e. The molecule has 0 saturated heterocycles. The van der Waals surface area contributed by atoms with E-state index in [0.29, 0.717) is 12.8 Å². The van der Waals surface area contributed by atoms with Gasteiger partial charge in [0.05, 0.1) is 0 Å². The van der Waals surface area contributed by atoms with E-state index in [2.05, 4.69) is 21.9 Å². The van der Waals surface area contributed by atoms with Crippen LogP contribution in [-0.2, 0) is 16.0 Å². The average Bonchev–Trinajstić information content (AvgIpc) is 2.56. The van der Waals surface area contributed by atoms with Crippen LogP contribution in [0.25, 0.3) is 10.8 Å². The molecule has 22 heavy (non-hydrogen) atoms. The Bertz CT molecular complexity index is 640. The number of pyridine rings is 1. The molecule has 1 amide bonds. The number of aryl methyl sites for hydroxylation is 1. The van der Waals surface area contributed by atoms with Crippen molar-refractivity contribution in [2.75, 3.05) is 13.2 Å². The quantitative estimate of drug-likeness (QED) is 0.278. The second-order valence-corrected chi connectivity index (χ2v) is 4.87. The summed E-state index contributed by atoms with van der Waals surface area (Å²) in [6.45, 7) is 0.106. The molecule has 0 radical (unpaired) electrons. The van der Waals surface area contributed by atoms with E-state index >= 15 is 0 Å². The van der Waals surface area contributed by atoms with Gasteiger partial charge in [-0.25, -0.2) is 15.6 Å². The van der Waals surface area contributed by atoms with Crippen molar-refractivity contribution in [2.24, 2.45) is 5.84 Å². The van der Waals surface area contributed by atoms with Gasteiger partial charge in [-0.05, 0) is 30.7 Å². The number of aldehydes is 1. The van der Waals surface area contributed by atoms with Crippen LogP contribution in [0.1, 0.15) is 18.5 Å². The summed E-state index contributed by atoms with van der Waals surface area (Å²) >= 11 is 0. The second-order valence-electron chi connectivity index (χ2n) is 4.87. The Hall–Kier alpha value is -2.47. The first-order chi connectivity index (χ1) is 10.7. The lowest BCUT2D eigenvalue weighted by atomic mass is 10.1. The third kappa shape index (κ3) is 4.26. The van der Waals surface area contributed by atoms with Crippen LogP contribution < -0.4 is 5.84 Å². The van der Waals surface area contributed by atoms with E-state index in [1.54, 1.807) is 0 Å². The van der Waals surface area contributed by atoms with Crippen LogP contribution >= 0.6 is 0 Å². The molecule has 0 atom stereocenters. The summed E-state index contributed by atoms with van der Waals surface area (Å²) in [6, 6.07) is 10.1. The molecule has 0 fully saturated rings. The van der Waals surface area contributed by atoms with Crippen LogP contribution in [-0.4, -0.2) is 35.5 Å². The number of hydrazine groups is 1. The molecule has 0 bridgehead atoms. The Labute approximate surface area is 128 Å². The number of amides is 1.